The maximum atomic E-state index is 11.7. The van der Waals surface area contributed by atoms with Gasteiger partial charge in [-0.15, -0.1) is 0 Å². The highest BCUT2D eigenvalue weighted by molar-refractivity contribution is 5.67. The highest BCUT2D eigenvalue weighted by atomic mass is 16.6. The van der Waals surface area contributed by atoms with E-state index in [0.29, 0.717) is 6.54 Å². The summed E-state index contributed by atoms with van der Waals surface area (Å²) in [4.78, 5) is 20.0. The van der Waals surface area contributed by atoms with Crippen molar-refractivity contribution in [2.45, 2.75) is 39.8 Å². The Bertz CT molecular complexity index is 629. The van der Waals surface area contributed by atoms with Crippen LogP contribution in [0.2, 0.25) is 0 Å². The van der Waals surface area contributed by atoms with Crippen LogP contribution in [-0.2, 0) is 11.3 Å². The summed E-state index contributed by atoms with van der Waals surface area (Å²) in [7, 11) is 0. The van der Waals surface area contributed by atoms with Crippen LogP contribution in [0.1, 0.15) is 32.0 Å². The predicted octanol–water partition coefficient (Wildman–Crippen LogP) is 2.60. The summed E-state index contributed by atoms with van der Waals surface area (Å²) in [6.07, 6.45) is 6.49. The summed E-state index contributed by atoms with van der Waals surface area (Å²) in [6, 6.07) is 1.93. The molecule has 1 N–H and O–H groups in total. The molecule has 0 aliphatic heterocycles. The summed E-state index contributed by atoms with van der Waals surface area (Å²) >= 11 is 0. The Balaban J connectivity index is 2.08. The van der Waals surface area contributed by atoms with Gasteiger partial charge in [-0.1, -0.05) is 0 Å². The van der Waals surface area contributed by atoms with Gasteiger partial charge in [-0.3, -0.25) is 9.55 Å². The van der Waals surface area contributed by atoms with Gasteiger partial charge < -0.3 is 10.1 Å². The molecule has 2 aromatic heterocycles. The average Bonchev–Trinajstić information content (AvgIpc) is 2.83. The Kier molecular flexibility index (Phi) is 4.26. The smallest absolute Gasteiger partial charge is 0.407 e. The number of nitrogens with one attached hydrogen (secondary N) is 1. The summed E-state index contributed by atoms with van der Waals surface area (Å²) in [5.41, 5.74) is 2.37. The van der Waals surface area contributed by atoms with E-state index < -0.39 is 11.7 Å². The molecular formula is C15H20N4O2. The zero-order valence-electron chi connectivity index (χ0n) is 12.8. The lowest BCUT2D eigenvalue weighted by atomic mass is 10.2. The number of carbonyl (C=O) groups is 1. The first-order chi connectivity index (χ1) is 9.87. The molecule has 21 heavy (non-hydrogen) atoms. The number of carbonyl (C=O) groups excluding carboxylic acids is 1. The molecule has 2 aromatic rings. The molecule has 0 unspecified atom stereocenters. The van der Waals surface area contributed by atoms with Crippen molar-refractivity contribution in [3.8, 4) is 5.69 Å². The first-order valence-corrected chi connectivity index (χ1v) is 6.76. The van der Waals surface area contributed by atoms with Crippen molar-refractivity contribution in [3.63, 3.8) is 0 Å². The van der Waals surface area contributed by atoms with Crippen LogP contribution in [0.15, 0.2) is 31.0 Å². The van der Waals surface area contributed by atoms with Gasteiger partial charge in [0.25, 0.3) is 0 Å². The van der Waals surface area contributed by atoms with Gasteiger partial charge >= 0.3 is 6.09 Å². The van der Waals surface area contributed by atoms with Crippen LogP contribution in [0.25, 0.3) is 5.69 Å². The number of aryl methyl sites for hydroxylation is 1. The van der Waals surface area contributed by atoms with E-state index in [0.717, 1.165) is 16.9 Å². The number of amides is 1. The minimum atomic E-state index is -0.510. The van der Waals surface area contributed by atoms with E-state index >= 15 is 0 Å². The molecule has 0 radical (unpaired) electrons. The number of rotatable bonds is 3. The summed E-state index contributed by atoms with van der Waals surface area (Å²) < 4.78 is 7.12. The number of imidazole rings is 1. The fraction of sp³-hybridized carbons (Fsp3) is 0.400. The normalized spacial score (nSPS) is 11.2. The third-order valence-corrected chi connectivity index (χ3v) is 2.80. The first-order valence-electron chi connectivity index (χ1n) is 6.76. The van der Waals surface area contributed by atoms with Gasteiger partial charge in [0.15, 0.2) is 0 Å². The molecule has 0 saturated carbocycles. The van der Waals surface area contributed by atoms with Crippen molar-refractivity contribution in [3.05, 3.63) is 42.2 Å². The lowest BCUT2D eigenvalue weighted by molar-refractivity contribution is 0.0522. The molecule has 0 aliphatic rings. The zero-order chi connectivity index (χ0) is 15.5. The van der Waals surface area contributed by atoms with E-state index in [1.165, 1.54) is 0 Å². The van der Waals surface area contributed by atoms with Gasteiger partial charge in [0, 0.05) is 6.20 Å². The molecule has 0 aliphatic carbocycles. The quantitative estimate of drug-likeness (QED) is 0.942. The van der Waals surface area contributed by atoms with Crippen molar-refractivity contribution in [1.29, 1.82) is 0 Å². The molecule has 112 valence electrons. The van der Waals surface area contributed by atoms with Crippen molar-refractivity contribution >= 4 is 6.09 Å². The summed E-state index contributed by atoms with van der Waals surface area (Å²) in [5.74, 6) is 0. The van der Waals surface area contributed by atoms with Crippen LogP contribution < -0.4 is 5.32 Å². The molecule has 0 atom stereocenters. The molecule has 6 heteroatoms. The third-order valence-electron chi connectivity index (χ3n) is 2.80. The van der Waals surface area contributed by atoms with E-state index in [9.17, 15) is 4.79 Å². The Morgan fingerprint density at radius 1 is 1.33 bits per heavy atom. The van der Waals surface area contributed by atoms with Crippen molar-refractivity contribution in [2.75, 3.05) is 0 Å². The second kappa shape index (κ2) is 5.95. The monoisotopic (exact) mass is 288 g/mol. The van der Waals surface area contributed by atoms with Crippen LogP contribution in [0.5, 0.6) is 0 Å². The SMILES string of the molecule is Cc1ccncc1-n1cncc1CNC(=O)OC(C)(C)C. The Morgan fingerprint density at radius 3 is 2.76 bits per heavy atom. The second-order valence-electron chi connectivity index (χ2n) is 5.77. The Labute approximate surface area is 124 Å². The summed E-state index contributed by atoms with van der Waals surface area (Å²) in [5, 5.41) is 2.73. The van der Waals surface area contributed by atoms with Crippen molar-refractivity contribution in [2.24, 2.45) is 0 Å². The number of ether oxygens (including phenoxy) is 1. The number of pyridine rings is 1. The molecular weight excluding hydrogens is 268 g/mol. The molecule has 2 heterocycles. The Hall–Kier alpha value is -2.37. The van der Waals surface area contributed by atoms with Gasteiger partial charge in [-0.2, -0.15) is 0 Å². The van der Waals surface area contributed by atoms with Crippen molar-refractivity contribution < 1.29 is 9.53 Å². The molecule has 0 spiro atoms. The van der Waals surface area contributed by atoms with Gasteiger partial charge in [0.05, 0.1) is 36.6 Å². The average molecular weight is 288 g/mol. The zero-order valence-corrected chi connectivity index (χ0v) is 12.8. The van der Waals surface area contributed by atoms with Gasteiger partial charge in [0.2, 0.25) is 0 Å². The number of hydrogen-bond donors (Lipinski definition) is 1. The van der Waals surface area contributed by atoms with Crippen LogP contribution in [0, 0.1) is 6.92 Å². The highest BCUT2D eigenvalue weighted by Crippen LogP contribution is 2.14. The summed E-state index contributed by atoms with van der Waals surface area (Å²) in [6.45, 7) is 7.83. The molecule has 1 amide bonds. The van der Waals surface area contributed by atoms with E-state index in [1.54, 1.807) is 24.9 Å². The molecule has 0 aromatic carbocycles. The van der Waals surface area contributed by atoms with Crippen molar-refractivity contribution in [1.82, 2.24) is 19.9 Å². The molecule has 0 fully saturated rings. The van der Waals surface area contributed by atoms with E-state index in [4.69, 9.17) is 4.74 Å². The fourth-order valence-corrected chi connectivity index (χ4v) is 1.85. The first kappa shape index (κ1) is 15.0. The molecule has 6 nitrogen and oxygen atoms in total. The van der Waals surface area contributed by atoms with Crippen LogP contribution in [-0.4, -0.2) is 26.2 Å². The van der Waals surface area contributed by atoms with Crippen LogP contribution in [0.4, 0.5) is 4.79 Å². The third kappa shape index (κ3) is 4.05. The van der Waals surface area contributed by atoms with Gasteiger partial charge in [-0.25, -0.2) is 9.78 Å². The molecule has 0 saturated heterocycles. The second-order valence-corrected chi connectivity index (χ2v) is 5.77. The van der Waals surface area contributed by atoms with Gasteiger partial charge in [-0.05, 0) is 39.3 Å². The minimum absolute atomic E-state index is 0.337. The number of alkyl carbamates (subject to hydrolysis) is 1. The topological polar surface area (TPSA) is 69.0 Å². The maximum absolute atomic E-state index is 11.7. The minimum Gasteiger partial charge on any atom is -0.444 e. The lowest BCUT2D eigenvalue weighted by Crippen LogP contribution is -2.32. The lowest BCUT2D eigenvalue weighted by Gasteiger charge is -2.19. The fourth-order valence-electron chi connectivity index (χ4n) is 1.85. The van der Waals surface area contributed by atoms with Crippen LogP contribution >= 0.6 is 0 Å². The number of hydrogen-bond acceptors (Lipinski definition) is 4. The standard InChI is InChI=1S/C15H20N4O2/c1-11-5-6-16-9-13(11)19-10-17-7-12(19)8-18-14(20)21-15(2,3)4/h5-7,9-10H,8H2,1-4H3,(H,18,20). The predicted molar refractivity (Wildman–Crippen MR) is 79.2 cm³/mol. The Morgan fingerprint density at radius 2 is 2.10 bits per heavy atom. The molecule has 0 bridgehead atoms. The molecule has 2 rings (SSSR count). The number of nitrogens with zero attached hydrogens (tertiary/aromatic N) is 3. The highest BCUT2D eigenvalue weighted by Gasteiger charge is 2.16. The maximum Gasteiger partial charge on any atom is 0.407 e. The van der Waals surface area contributed by atoms with Crippen LogP contribution in [0.3, 0.4) is 0 Å². The van der Waals surface area contributed by atoms with E-state index in [-0.39, 0.29) is 0 Å². The number of aromatic nitrogens is 3. The van der Waals surface area contributed by atoms with E-state index in [1.807, 2.05) is 38.3 Å². The van der Waals surface area contributed by atoms with Gasteiger partial charge in [0.1, 0.15) is 5.60 Å². The van der Waals surface area contributed by atoms with E-state index in [2.05, 4.69) is 15.3 Å². The largest absolute Gasteiger partial charge is 0.444 e.